The van der Waals surface area contributed by atoms with Gasteiger partial charge in [-0.3, -0.25) is 14.1 Å². The number of amides is 1. The van der Waals surface area contributed by atoms with Gasteiger partial charge in [0.1, 0.15) is 0 Å². The Morgan fingerprint density at radius 2 is 1.52 bits per heavy atom. The third-order valence-electron chi connectivity index (χ3n) is 5.10. The van der Waals surface area contributed by atoms with Gasteiger partial charge < -0.3 is 5.32 Å². The fraction of sp³-hybridized carbons (Fsp3) is 0.167. The second kappa shape index (κ2) is 9.21. The zero-order valence-electron chi connectivity index (χ0n) is 18.5. The lowest BCUT2D eigenvalue weighted by molar-refractivity contribution is -0.115. The van der Waals surface area contributed by atoms with Gasteiger partial charge in [-0.1, -0.05) is 17.7 Å². The minimum absolute atomic E-state index is 0.150. The van der Waals surface area contributed by atoms with E-state index in [4.69, 9.17) is 0 Å². The molecule has 170 valence electrons. The van der Waals surface area contributed by atoms with Crippen molar-refractivity contribution >= 4 is 38.6 Å². The smallest absolute Gasteiger partial charge is 0.261 e. The predicted molar refractivity (Wildman–Crippen MR) is 132 cm³/mol. The number of aryl methyl sites for hydroxylation is 3. The van der Waals surface area contributed by atoms with Crippen molar-refractivity contribution in [2.45, 2.75) is 32.1 Å². The number of hydrogen-bond donors (Lipinski definition) is 2. The number of sulfonamides is 1. The summed E-state index contributed by atoms with van der Waals surface area (Å²) < 4.78 is 29.6. The molecule has 0 aliphatic heterocycles. The first-order valence-electron chi connectivity index (χ1n) is 10.3. The van der Waals surface area contributed by atoms with Gasteiger partial charge in [-0.2, -0.15) is 0 Å². The normalized spacial score (nSPS) is 11.4. The molecule has 9 heteroatoms. The second-order valence-electron chi connectivity index (χ2n) is 7.79. The molecule has 0 fully saturated rings. The van der Waals surface area contributed by atoms with E-state index < -0.39 is 10.0 Å². The van der Waals surface area contributed by atoms with E-state index in [0.717, 1.165) is 22.1 Å². The van der Waals surface area contributed by atoms with Gasteiger partial charge in [-0.05, 0) is 69.3 Å². The number of carbonyl (C=O) groups is 1. The number of aromatic nitrogens is 2. The summed E-state index contributed by atoms with van der Waals surface area (Å²) in [5.74, 6) is -0.194. The monoisotopic (exact) mass is 480 g/mol. The fourth-order valence-corrected chi connectivity index (χ4v) is 5.37. The minimum atomic E-state index is -3.68. The van der Waals surface area contributed by atoms with Crippen molar-refractivity contribution < 1.29 is 13.2 Å². The van der Waals surface area contributed by atoms with Crippen LogP contribution in [-0.4, -0.2) is 23.9 Å². The van der Waals surface area contributed by atoms with Crippen molar-refractivity contribution in [2.24, 2.45) is 0 Å². The van der Waals surface area contributed by atoms with Crippen LogP contribution in [0.5, 0.6) is 0 Å². The van der Waals surface area contributed by atoms with Gasteiger partial charge in [-0.15, -0.1) is 11.3 Å². The Kier molecular flexibility index (Phi) is 6.35. The molecule has 7 nitrogen and oxygen atoms in total. The Morgan fingerprint density at radius 3 is 2.15 bits per heavy atom. The quantitative estimate of drug-likeness (QED) is 0.396. The Balaban J connectivity index is 1.37. The summed E-state index contributed by atoms with van der Waals surface area (Å²) in [7, 11) is -3.68. The lowest BCUT2D eigenvalue weighted by atomic mass is 10.2. The zero-order chi connectivity index (χ0) is 23.6. The summed E-state index contributed by atoms with van der Waals surface area (Å²) >= 11 is 1.50. The number of benzene rings is 2. The lowest BCUT2D eigenvalue weighted by Crippen LogP contribution is -2.15. The van der Waals surface area contributed by atoms with Crippen LogP contribution in [-0.2, 0) is 21.2 Å². The Hall–Kier alpha value is -3.43. The third kappa shape index (κ3) is 5.32. The van der Waals surface area contributed by atoms with Crippen molar-refractivity contribution in [3.8, 4) is 5.13 Å². The number of nitrogens with zero attached hydrogens (tertiary/aromatic N) is 2. The second-order valence-corrected chi connectivity index (χ2v) is 10.3. The number of carbonyl (C=O) groups excluding carboxylic acids is 1. The number of anilines is 2. The van der Waals surface area contributed by atoms with Crippen LogP contribution in [0.25, 0.3) is 5.13 Å². The molecule has 2 heterocycles. The number of nitrogens with one attached hydrogen (secondary N) is 2. The van der Waals surface area contributed by atoms with E-state index in [0.29, 0.717) is 17.1 Å². The van der Waals surface area contributed by atoms with Gasteiger partial charge in [0.25, 0.3) is 10.0 Å². The van der Waals surface area contributed by atoms with E-state index in [1.165, 1.54) is 11.3 Å². The Labute approximate surface area is 197 Å². The number of rotatable bonds is 7. The van der Waals surface area contributed by atoms with Crippen LogP contribution in [0.3, 0.4) is 0 Å². The van der Waals surface area contributed by atoms with Crippen LogP contribution in [0, 0.1) is 20.8 Å². The molecule has 2 aromatic heterocycles. The van der Waals surface area contributed by atoms with E-state index in [1.807, 2.05) is 38.3 Å². The minimum Gasteiger partial charge on any atom is -0.326 e. The van der Waals surface area contributed by atoms with Gasteiger partial charge in [0.15, 0.2) is 5.13 Å². The maximum Gasteiger partial charge on any atom is 0.261 e. The van der Waals surface area contributed by atoms with Crippen LogP contribution in [0.4, 0.5) is 11.4 Å². The van der Waals surface area contributed by atoms with Gasteiger partial charge in [-0.25, -0.2) is 13.4 Å². The van der Waals surface area contributed by atoms with Crippen LogP contribution >= 0.6 is 11.3 Å². The molecule has 0 aliphatic rings. The number of hydrogen-bond acceptors (Lipinski definition) is 5. The van der Waals surface area contributed by atoms with Gasteiger partial charge in [0, 0.05) is 28.1 Å². The molecule has 33 heavy (non-hydrogen) atoms. The van der Waals surface area contributed by atoms with Crippen LogP contribution < -0.4 is 10.0 Å². The summed E-state index contributed by atoms with van der Waals surface area (Å²) in [6.45, 7) is 5.94. The third-order valence-corrected chi connectivity index (χ3v) is 7.37. The first-order chi connectivity index (χ1) is 15.7. The summed E-state index contributed by atoms with van der Waals surface area (Å²) in [4.78, 5) is 17.3. The fourth-order valence-electron chi connectivity index (χ4n) is 3.37. The topological polar surface area (TPSA) is 93.1 Å². The molecule has 0 spiro atoms. The van der Waals surface area contributed by atoms with Crippen molar-refractivity contribution in [1.29, 1.82) is 0 Å². The van der Waals surface area contributed by atoms with Crippen LogP contribution in [0.1, 0.15) is 22.6 Å². The largest absolute Gasteiger partial charge is 0.326 e. The van der Waals surface area contributed by atoms with E-state index >= 15 is 0 Å². The van der Waals surface area contributed by atoms with Crippen molar-refractivity contribution in [1.82, 2.24) is 9.55 Å². The van der Waals surface area contributed by atoms with Gasteiger partial charge in [0.05, 0.1) is 17.0 Å². The maximum atomic E-state index is 12.5. The molecule has 0 saturated heterocycles. The summed E-state index contributed by atoms with van der Waals surface area (Å²) in [6, 6.07) is 17.2. The van der Waals surface area contributed by atoms with Gasteiger partial charge in [0.2, 0.25) is 5.91 Å². The Morgan fingerprint density at radius 1 is 0.909 bits per heavy atom. The molecular formula is C24H24N4O3S2. The molecule has 4 aromatic rings. The molecule has 0 unspecified atom stereocenters. The van der Waals surface area contributed by atoms with Crippen molar-refractivity contribution in [3.05, 3.63) is 88.7 Å². The highest BCUT2D eigenvalue weighted by molar-refractivity contribution is 7.92. The maximum absolute atomic E-state index is 12.5. The lowest BCUT2D eigenvalue weighted by Gasteiger charge is -2.10. The highest BCUT2D eigenvalue weighted by Gasteiger charge is 2.14. The first-order valence-corrected chi connectivity index (χ1v) is 12.7. The molecule has 4 rings (SSSR count). The average Bonchev–Trinajstić information content (AvgIpc) is 3.35. The summed E-state index contributed by atoms with van der Waals surface area (Å²) in [6.07, 6.45) is 0.150. The molecular weight excluding hydrogens is 456 g/mol. The molecule has 0 aliphatic carbocycles. The van der Waals surface area contributed by atoms with Crippen molar-refractivity contribution in [3.63, 3.8) is 0 Å². The van der Waals surface area contributed by atoms with E-state index in [9.17, 15) is 13.2 Å². The zero-order valence-corrected chi connectivity index (χ0v) is 20.1. The molecule has 2 N–H and O–H groups in total. The summed E-state index contributed by atoms with van der Waals surface area (Å²) in [5.41, 5.74) is 4.85. The van der Waals surface area contributed by atoms with Crippen LogP contribution in [0.15, 0.2) is 70.9 Å². The average molecular weight is 481 g/mol. The van der Waals surface area contributed by atoms with Gasteiger partial charge >= 0.3 is 0 Å². The highest BCUT2D eigenvalue weighted by Crippen LogP contribution is 2.22. The molecule has 1 amide bonds. The highest BCUT2D eigenvalue weighted by atomic mass is 32.2. The Bertz CT molecular complexity index is 1370. The van der Waals surface area contributed by atoms with E-state index in [-0.39, 0.29) is 17.2 Å². The summed E-state index contributed by atoms with van der Waals surface area (Å²) in [5, 5.41) is 5.55. The van der Waals surface area contributed by atoms with E-state index in [1.54, 1.807) is 48.5 Å². The predicted octanol–water partition coefficient (Wildman–Crippen LogP) is 4.84. The number of thiazole rings is 1. The molecule has 0 radical (unpaired) electrons. The van der Waals surface area contributed by atoms with Crippen molar-refractivity contribution in [2.75, 3.05) is 10.0 Å². The SMILES string of the molecule is Cc1ccc(S(=O)(=O)Nc2ccc(NC(=O)Cc3csc(-n4c(C)ccc4C)n3)cc2)cc1. The molecule has 0 atom stereocenters. The van der Waals surface area contributed by atoms with Crippen LogP contribution in [0.2, 0.25) is 0 Å². The first kappa shape index (κ1) is 22.8. The standard InChI is InChI=1S/C24H24N4O3S2/c1-16-4-12-22(13-5-16)33(30,31)27-20-10-8-19(9-11-20)25-23(29)14-21-15-32-24(26-21)28-17(2)6-7-18(28)3/h4-13,15,27H,14H2,1-3H3,(H,25,29). The molecule has 2 aromatic carbocycles. The molecule has 0 bridgehead atoms. The van der Waals surface area contributed by atoms with E-state index in [2.05, 4.69) is 19.6 Å². The molecule has 0 saturated carbocycles.